The molecule has 1 N–H and O–H groups in total. The summed E-state index contributed by atoms with van der Waals surface area (Å²) in [6.45, 7) is 1.12. The SMILES string of the molecule is Cn1ccnc1C(NC(=O)CCc1ccc(S(=O)(=O)N2CCCCC2)cc1)c1ccccc1F. The van der Waals surface area contributed by atoms with Crippen LogP contribution in [0.25, 0.3) is 0 Å². The van der Waals surface area contributed by atoms with Crippen molar-refractivity contribution in [3.05, 3.63) is 83.7 Å². The van der Waals surface area contributed by atoms with E-state index in [1.165, 1.54) is 6.07 Å². The Kier molecular flexibility index (Phi) is 7.43. The summed E-state index contributed by atoms with van der Waals surface area (Å²) >= 11 is 0. The Labute approximate surface area is 199 Å². The highest BCUT2D eigenvalue weighted by Crippen LogP contribution is 2.24. The third kappa shape index (κ3) is 5.37. The van der Waals surface area contributed by atoms with Crippen molar-refractivity contribution >= 4 is 15.9 Å². The molecule has 1 aliphatic rings. The second-order valence-electron chi connectivity index (χ2n) is 8.53. The molecule has 2 heterocycles. The van der Waals surface area contributed by atoms with E-state index in [2.05, 4.69) is 10.3 Å². The number of imidazole rings is 1. The first-order valence-electron chi connectivity index (χ1n) is 11.5. The lowest BCUT2D eigenvalue weighted by atomic mass is 10.0. The number of halogens is 1. The fraction of sp³-hybridized carbons (Fsp3) is 0.360. The van der Waals surface area contributed by atoms with Crippen LogP contribution < -0.4 is 5.32 Å². The average Bonchev–Trinajstić information content (AvgIpc) is 3.28. The topological polar surface area (TPSA) is 84.3 Å². The van der Waals surface area contributed by atoms with Crippen LogP contribution in [0.1, 0.15) is 48.7 Å². The Hall–Kier alpha value is -3.04. The lowest BCUT2D eigenvalue weighted by Crippen LogP contribution is -2.35. The van der Waals surface area contributed by atoms with E-state index in [1.54, 1.807) is 70.8 Å². The maximum absolute atomic E-state index is 14.5. The van der Waals surface area contributed by atoms with Gasteiger partial charge in [-0.1, -0.05) is 36.8 Å². The van der Waals surface area contributed by atoms with Crippen LogP contribution in [0.4, 0.5) is 4.39 Å². The van der Waals surface area contributed by atoms with Gasteiger partial charge in [0.25, 0.3) is 0 Å². The van der Waals surface area contributed by atoms with Crippen molar-refractivity contribution in [2.24, 2.45) is 7.05 Å². The summed E-state index contributed by atoms with van der Waals surface area (Å²) in [5.74, 6) is -0.131. The van der Waals surface area contributed by atoms with Crippen LogP contribution in [0, 0.1) is 5.82 Å². The molecule has 0 saturated carbocycles. The number of aromatic nitrogens is 2. The summed E-state index contributed by atoms with van der Waals surface area (Å²) in [4.78, 5) is 17.3. The van der Waals surface area contributed by atoms with Gasteiger partial charge in [-0.15, -0.1) is 0 Å². The van der Waals surface area contributed by atoms with Crippen molar-refractivity contribution in [3.8, 4) is 0 Å². The molecule has 2 aromatic carbocycles. The van der Waals surface area contributed by atoms with Gasteiger partial charge >= 0.3 is 0 Å². The minimum atomic E-state index is -3.48. The van der Waals surface area contributed by atoms with E-state index >= 15 is 0 Å². The van der Waals surface area contributed by atoms with E-state index in [-0.39, 0.29) is 17.2 Å². The van der Waals surface area contributed by atoms with Crippen molar-refractivity contribution in [2.45, 2.75) is 43.0 Å². The Morgan fingerprint density at radius 2 is 1.79 bits per heavy atom. The molecule has 7 nitrogen and oxygen atoms in total. The number of aryl methyl sites for hydroxylation is 2. The van der Waals surface area contributed by atoms with Crippen molar-refractivity contribution in [3.63, 3.8) is 0 Å². The summed E-state index contributed by atoms with van der Waals surface area (Å²) in [7, 11) is -1.69. The average molecular weight is 485 g/mol. The predicted octanol–water partition coefficient (Wildman–Crippen LogP) is 3.57. The highest BCUT2D eigenvalue weighted by Gasteiger charge is 2.26. The molecule has 1 aliphatic heterocycles. The zero-order chi connectivity index (χ0) is 24.1. The van der Waals surface area contributed by atoms with Crippen LogP contribution in [0.5, 0.6) is 0 Å². The largest absolute Gasteiger partial charge is 0.342 e. The normalized spacial score (nSPS) is 15.7. The number of amides is 1. The quantitative estimate of drug-likeness (QED) is 0.530. The number of hydrogen-bond acceptors (Lipinski definition) is 4. The smallest absolute Gasteiger partial charge is 0.243 e. The van der Waals surface area contributed by atoms with Gasteiger partial charge in [0.05, 0.1) is 4.90 Å². The van der Waals surface area contributed by atoms with Crippen molar-refractivity contribution in [1.29, 1.82) is 0 Å². The molecule has 1 saturated heterocycles. The molecule has 0 radical (unpaired) electrons. The van der Waals surface area contributed by atoms with Crippen molar-refractivity contribution in [2.75, 3.05) is 13.1 Å². The van der Waals surface area contributed by atoms with Crippen molar-refractivity contribution in [1.82, 2.24) is 19.2 Å². The van der Waals surface area contributed by atoms with Gasteiger partial charge in [-0.3, -0.25) is 4.79 Å². The number of carbonyl (C=O) groups is 1. The van der Waals surface area contributed by atoms with Crippen LogP contribution >= 0.6 is 0 Å². The van der Waals surface area contributed by atoms with Gasteiger partial charge in [0.15, 0.2) is 0 Å². The number of piperidine rings is 1. The molecule has 3 aromatic rings. The number of nitrogens with one attached hydrogen (secondary N) is 1. The molecular weight excluding hydrogens is 455 g/mol. The fourth-order valence-electron chi connectivity index (χ4n) is 4.22. The number of benzene rings is 2. The van der Waals surface area contributed by atoms with E-state index in [9.17, 15) is 17.6 Å². The molecule has 1 aromatic heterocycles. The maximum atomic E-state index is 14.5. The zero-order valence-electron chi connectivity index (χ0n) is 19.2. The second-order valence-corrected chi connectivity index (χ2v) is 10.5. The summed E-state index contributed by atoms with van der Waals surface area (Å²) < 4.78 is 43.4. The van der Waals surface area contributed by atoms with E-state index in [4.69, 9.17) is 0 Å². The number of nitrogens with zero attached hydrogens (tertiary/aromatic N) is 3. The number of sulfonamides is 1. The van der Waals surface area contributed by atoms with Gasteiger partial charge in [0.1, 0.15) is 17.7 Å². The lowest BCUT2D eigenvalue weighted by molar-refractivity contribution is -0.121. The first kappa shape index (κ1) is 24.1. The summed E-state index contributed by atoms with van der Waals surface area (Å²) in [5.41, 5.74) is 1.20. The first-order chi connectivity index (χ1) is 16.4. The molecule has 9 heteroatoms. The summed E-state index contributed by atoms with van der Waals surface area (Å²) in [6.07, 6.45) is 6.79. The van der Waals surface area contributed by atoms with Gasteiger partial charge in [-0.05, 0) is 43.0 Å². The zero-order valence-corrected chi connectivity index (χ0v) is 20.0. The molecule has 180 valence electrons. The molecule has 4 rings (SSSR count). The molecule has 34 heavy (non-hydrogen) atoms. The molecule has 1 amide bonds. The van der Waals surface area contributed by atoms with E-state index in [1.807, 2.05) is 0 Å². The highest BCUT2D eigenvalue weighted by atomic mass is 32.2. The molecule has 0 bridgehead atoms. The van der Waals surface area contributed by atoms with Crippen LogP contribution in [0.3, 0.4) is 0 Å². The summed E-state index contributed by atoms with van der Waals surface area (Å²) in [5, 5.41) is 2.90. The molecule has 1 unspecified atom stereocenters. The second kappa shape index (κ2) is 10.5. The highest BCUT2D eigenvalue weighted by molar-refractivity contribution is 7.89. The molecular formula is C25H29FN4O3S. The molecule has 1 atom stereocenters. The number of carbonyl (C=O) groups excluding carboxylic acids is 1. The fourth-order valence-corrected chi connectivity index (χ4v) is 5.74. The standard InChI is InChI=1S/C25H29FN4O3S/c1-29-18-15-27-25(29)24(21-7-3-4-8-22(21)26)28-23(31)14-11-19-9-12-20(13-10-19)34(32,33)30-16-5-2-6-17-30/h3-4,7-10,12-13,15,18,24H,2,5-6,11,14,16-17H2,1H3,(H,28,31). The first-order valence-corrected chi connectivity index (χ1v) is 12.9. The lowest BCUT2D eigenvalue weighted by Gasteiger charge is -2.25. The maximum Gasteiger partial charge on any atom is 0.243 e. The third-order valence-electron chi connectivity index (χ3n) is 6.16. The number of rotatable bonds is 8. The van der Waals surface area contributed by atoms with Crippen molar-refractivity contribution < 1.29 is 17.6 Å². The third-order valence-corrected chi connectivity index (χ3v) is 8.07. The van der Waals surface area contributed by atoms with Crippen LogP contribution in [-0.2, 0) is 28.3 Å². The molecule has 1 fully saturated rings. The monoisotopic (exact) mass is 484 g/mol. The molecule has 0 aliphatic carbocycles. The number of hydrogen-bond donors (Lipinski definition) is 1. The Morgan fingerprint density at radius 3 is 2.44 bits per heavy atom. The minimum absolute atomic E-state index is 0.174. The Morgan fingerprint density at radius 1 is 1.09 bits per heavy atom. The Bertz CT molecular complexity index is 1240. The van der Waals surface area contributed by atoms with Gasteiger partial charge in [-0.25, -0.2) is 17.8 Å². The van der Waals surface area contributed by atoms with Crippen LogP contribution in [0.2, 0.25) is 0 Å². The van der Waals surface area contributed by atoms with Crippen LogP contribution in [-0.4, -0.2) is 41.3 Å². The van der Waals surface area contributed by atoms with Gasteiger partial charge in [-0.2, -0.15) is 4.31 Å². The summed E-state index contributed by atoms with van der Waals surface area (Å²) in [6, 6.07) is 12.3. The van der Waals surface area contributed by atoms with E-state index in [0.717, 1.165) is 24.8 Å². The van der Waals surface area contributed by atoms with E-state index in [0.29, 0.717) is 30.9 Å². The Balaban J connectivity index is 1.41. The predicted molar refractivity (Wildman–Crippen MR) is 127 cm³/mol. The van der Waals surface area contributed by atoms with E-state index < -0.39 is 21.9 Å². The van der Waals surface area contributed by atoms with Crippen LogP contribution in [0.15, 0.2) is 65.8 Å². The van der Waals surface area contributed by atoms with Gasteiger partial charge in [0.2, 0.25) is 15.9 Å². The minimum Gasteiger partial charge on any atom is -0.342 e. The van der Waals surface area contributed by atoms with Gasteiger partial charge < -0.3 is 9.88 Å². The molecule has 0 spiro atoms. The van der Waals surface area contributed by atoms with Gasteiger partial charge in [0, 0.05) is 44.5 Å².